The lowest BCUT2D eigenvalue weighted by Gasteiger charge is -2.06. The molecule has 0 aliphatic rings. The van der Waals surface area contributed by atoms with Gasteiger partial charge >= 0.3 is 0 Å². The number of carbonyl (C=O) groups is 1. The molecule has 2 aromatic heterocycles. The molecular formula is C23H19N3O2S. The molecule has 2 heterocycles. The largest absolute Gasteiger partial charge is 0.364 e. The van der Waals surface area contributed by atoms with Crippen molar-refractivity contribution < 1.29 is 9.53 Å². The van der Waals surface area contributed by atoms with Crippen molar-refractivity contribution in [2.45, 2.75) is 6.61 Å². The van der Waals surface area contributed by atoms with Crippen LogP contribution in [0.3, 0.4) is 0 Å². The van der Waals surface area contributed by atoms with Crippen LogP contribution in [-0.4, -0.2) is 22.5 Å². The number of ether oxygens (including phenoxy) is 1. The fraction of sp³-hybridized carbons (Fsp3) is 0.0870. The number of hydrogen-bond acceptors (Lipinski definition) is 5. The average Bonchev–Trinajstić information content (AvgIpc) is 3.16. The summed E-state index contributed by atoms with van der Waals surface area (Å²) in [6.45, 7) is 0.295. The molecule has 29 heavy (non-hydrogen) atoms. The van der Waals surface area contributed by atoms with Crippen LogP contribution in [-0.2, 0) is 16.1 Å². The number of aromatic nitrogens is 2. The summed E-state index contributed by atoms with van der Waals surface area (Å²) in [5.41, 5.74) is 3.53. The number of nitrogens with one attached hydrogen (secondary N) is 1. The molecule has 4 aromatic rings. The van der Waals surface area contributed by atoms with Gasteiger partial charge in [-0.25, -0.2) is 4.98 Å². The minimum atomic E-state index is -0.197. The first-order valence-electron chi connectivity index (χ1n) is 9.17. The first kappa shape index (κ1) is 19.0. The summed E-state index contributed by atoms with van der Waals surface area (Å²) in [4.78, 5) is 20.9. The Morgan fingerprint density at radius 2 is 1.93 bits per heavy atom. The van der Waals surface area contributed by atoms with E-state index in [1.807, 2.05) is 78.9 Å². The van der Waals surface area contributed by atoms with Gasteiger partial charge in [-0.15, -0.1) is 11.3 Å². The van der Waals surface area contributed by atoms with E-state index < -0.39 is 0 Å². The molecule has 0 saturated heterocycles. The Hall–Kier alpha value is -3.35. The fourth-order valence-corrected chi connectivity index (χ4v) is 3.69. The highest BCUT2D eigenvalue weighted by Crippen LogP contribution is 2.22. The van der Waals surface area contributed by atoms with Crippen molar-refractivity contribution in [3.8, 4) is 0 Å². The van der Waals surface area contributed by atoms with E-state index >= 15 is 0 Å². The average molecular weight is 401 g/mol. The monoisotopic (exact) mass is 401 g/mol. The van der Waals surface area contributed by atoms with Gasteiger partial charge < -0.3 is 10.1 Å². The van der Waals surface area contributed by atoms with Crippen LogP contribution in [0.5, 0.6) is 0 Å². The summed E-state index contributed by atoms with van der Waals surface area (Å²) in [6.07, 6.45) is 5.65. The molecule has 0 atom stereocenters. The Balaban J connectivity index is 1.29. The maximum atomic E-state index is 12.2. The molecule has 1 amide bonds. The number of pyridine rings is 1. The van der Waals surface area contributed by atoms with Crippen molar-refractivity contribution >= 4 is 45.3 Å². The SMILES string of the molecule is O=C(COCc1nc2ccccc2s1)Nc1cccc(/C=C/c2ccccn2)c1. The van der Waals surface area contributed by atoms with E-state index in [0.29, 0.717) is 6.61 Å². The van der Waals surface area contributed by atoms with E-state index in [9.17, 15) is 4.79 Å². The zero-order valence-corrected chi connectivity index (χ0v) is 16.4. The van der Waals surface area contributed by atoms with E-state index in [2.05, 4.69) is 15.3 Å². The Morgan fingerprint density at radius 1 is 1.03 bits per heavy atom. The molecule has 0 fully saturated rings. The summed E-state index contributed by atoms with van der Waals surface area (Å²) in [7, 11) is 0. The highest BCUT2D eigenvalue weighted by atomic mass is 32.1. The van der Waals surface area contributed by atoms with Gasteiger partial charge in [-0.2, -0.15) is 0 Å². The lowest BCUT2D eigenvalue weighted by Crippen LogP contribution is -2.18. The van der Waals surface area contributed by atoms with Crippen LogP contribution >= 0.6 is 11.3 Å². The van der Waals surface area contributed by atoms with Gasteiger partial charge in [-0.3, -0.25) is 9.78 Å². The maximum Gasteiger partial charge on any atom is 0.250 e. The molecule has 144 valence electrons. The Bertz CT molecular complexity index is 1110. The number of para-hydroxylation sites is 1. The number of rotatable bonds is 7. The highest BCUT2D eigenvalue weighted by Gasteiger charge is 2.06. The molecule has 0 saturated carbocycles. The van der Waals surface area contributed by atoms with Crippen LogP contribution in [0, 0.1) is 0 Å². The number of benzene rings is 2. The summed E-state index contributed by atoms with van der Waals surface area (Å²) < 4.78 is 6.65. The third-order valence-electron chi connectivity index (χ3n) is 4.10. The maximum absolute atomic E-state index is 12.2. The third-order valence-corrected chi connectivity index (χ3v) is 5.11. The first-order valence-corrected chi connectivity index (χ1v) is 9.99. The summed E-state index contributed by atoms with van der Waals surface area (Å²) in [5.74, 6) is -0.197. The van der Waals surface area contributed by atoms with Crippen molar-refractivity contribution in [3.63, 3.8) is 0 Å². The van der Waals surface area contributed by atoms with E-state index in [0.717, 1.165) is 32.2 Å². The van der Waals surface area contributed by atoms with Crippen LogP contribution in [0.4, 0.5) is 5.69 Å². The van der Waals surface area contributed by atoms with E-state index in [1.165, 1.54) is 0 Å². The molecule has 0 bridgehead atoms. The lowest BCUT2D eigenvalue weighted by molar-refractivity contribution is -0.121. The van der Waals surface area contributed by atoms with Gasteiger partial charge in [0.1, 0.15) is 11.6 Å². The number of fused-ring (bicyclic) bond motifs is 1. The first-order chi connectivity index (χ1) is 14.3. The lowest BCUT2D eigenvalue weighted by atomic mass is 10.1. The number of anilines is 1. The van der Waals surface area contributed by atoms with Crippen LogP contribution in [0.15, 0.2) is 72.9 Å². The third kappa shape index (κ3) is 5.34. The molecule has 2 aromatic carbocycles. The molecule has 6 heteroatoms. The van der Waals surface area contributed by atoms with Crippen molar-refractivity contribution in [1.29, 1.82) is 0 Å². The Morgan fingerprint density at radius 3 is 2.79 bits per heavy atom. The van der Waals surface area contributed by atoms with Crippen LogP contribution < -0.4 is 5.32 Å². The predicted molar refractivity (Wildman–Crippen MR) is 118 cm³/mol. The summed E-state index contributed by atoms with van der Waals surface area (Å²) in [6, 6.07) is 21.3. The van der Waals surface area contributed by atoms with Gasteiger partial charge in [0.2, 0.25) is 5.91 Å². The van der Waals surface area contributed by atoms with E-state index in [4.69, 9.17) is 4.74 Å². The van der Waals surface area contributed by atoms with Crippen molar-refractivity contribution in [1.82, 2.24) is 9.97 Å². The van der Waals surface area contributed by atoms with Gasteiger partial charge in [0.25, 0.3) is 0 Å². The zero-order valence-electron chi connectivity index (χ0n) is 15.6. The quantitative estimate of drug-likeness (QED) is 0.472. The fourth-order valence-electron chi connectivity index (χ4n) is 2.79. The minimum absolute atomic E-state index is 0.0239. The van der Waals surface area contributed by atoms with Crippen LogP contribution in [0.2, 0.25) is 0 Å². The number of hydrogen-bond donors (Lipinski definition) is 1. The summed E-state index contributed by atoms with van der Waals surface area (Å²) >= 11 is 1.58. The normalized spacial score (nSPS) is 11.2. The highest BCUT2D eigenvalue weighted by molar-refractivity contribution is 7.18. The second-order valence-corrected chi connectivity index (χ2v) is 7.44. The predicted octanol–water partition coefficient (Wildman–Crippen LogP) is 5.02. The second-order valence-electron chi connectivity index (χ2n) is 6.33. The van der Waals surface area contributed by atoms with Gasteiger partial charge in [-0.05, 0) is 48.0 Å². The van der Waals surface area contributed by atoms with Crippen LogP contribution in [0.1, 0.15) is 16.3 Å². The van der Waals surface area contributed by atoms with E-state index in [-0.39, 0.29) is 12.5 Å². The summed E-state index contributed by atoms with van der Waals surface area (Å²) in [5, 5.41) is 3.72. The smallest absolute Gasteiger partial charge is 0.250 e. The number of amides is 1. The standard InChI is InChI=1S/C23H19N3O2S/c27-22(15-28-16-23-26-20-9-1-2-10-21(20)29-23)25-19-8-5-6-17(14-19)11-12-18-7-3-4-13-24-18/h1-14H,15-16H2,(H,25,27)/b12-11+. The number of thiazole rings is 1. The molecule has 0 radical (unpaired) electrons. The topological polar surface area (TPSA) is 64.1 Å². The van der Waals surface area contributed by atoms with Gasteiger partial charge in [0.05, 0.1) is 22.5 Å². The molecular weight excluding hydrogens is 382 g/mol. The van der Waals surface area contributed by atoms with Crippen molar-refractivity contribution in [3.05, 3.63) is 89.2 Å². The van der Waals surface area contributed by atoms with Gasteiger partial charge in [-0.1, -0.05) is 36.4 Å². The molecule has 0 aliphatic heterocycles. The minimum Gasteiger partial charge on any atom is -0.364 e. The number of carbonyl (C=O) groups excluding carboxylic acids is 1. The second kappa shape index (κ2) is 9.23. The Labute approximate surface area is 172 Å². The molecule has 0 unspecified atom stereocenters. The zero-order chi connectivity index (χ0) is 19.9. The van der Waals surface area contributed by atoms with Crippen LogP contribution in [0.25, 0.3) is 22.4 Å². The van der Waals surface area contributed by atoms with Crippen molar-refractivity contribution in [2.75, 3.05) is 11.9 Å². The molecule has 4 rings (SSSR count). The van der Waals surface area contributed by atoms with Gasteiger partial charge in [0.15, 0.2) is 0 Å². The molecule has 1 N–H and O–H groups in total. The van der Waals surface area contributed by atoms with Gasteiger partial charge in [0, 0.05) is 11.9 Å². The van der Waals surface area contributed by atoms with E-state index in [1.54, 1.807) is 17.5 Å². The Kier molecular flexibility index (Phi) is 6.04. The molecule has 5 nitrogen and oxygen atoms in total. The van der Waals surface area contributed by atoms with Crippen molar-refractivity contribution in [2.24, 2.45) is 0 Å². The molecule has 0 aliphatic carbocycles. The number of nitrogens with zero attached hydrogens (tertiary/aromatic N) is 2. The molecule has 0 spiro atoms.